The second-order valence-corrected chi connectivity index (χ2v) is 9.87. The molecule has 1 saturated heterocycles. The highest BCUT2D eigenvalue weighted by Crippen LogP contribution is 2.25. The second-order valence-electron chi connectivity index (χ2n) is 9.05. The molecule has 2 amide bonds. The van der Waals surface area contributed by atoms with Gasteiger partial charge in [-0.3, -0.25) is 9.59 Å². The number of aliphatic carboxylic acids is 1. The molecule has 1 aliphatic heterocycles. The Morgan fingerprint density at radius 2 is 1.79 bits per heavy atom. The number of amides is 2. The van der Waals surface area contributed by atoms with Crippen molar-refractivity contribution in [2.45, 2.75) is 31.9 Å². The number of rotatable bonds is 8. The molecule has 0 radical (unpaired) electrons. The Labute approximate surface area is 229 Å². The van der Waals surface area contributed by atoms with Gasteiger partial charge in [-0.1, -0.05) is 41.4 Å². The van der Waals surface area contributed by atoms with Crippen molar-refractivity contribution in [2.75, 3.05) is 13.1 Å². The molecule has 3 aromatic rings. The largest absolute Gasteiger partial charge is 0.489 e. The molecule has 3 aromatic carbocycles. The second kappa shape index (κ2) is 11.8. The van der Waals surface area contributed by atoms with Crippen molar-refractivity contribution in [2.24, 2.45) is 0 Å². The van der Waals surface area contributed by atoms with Gasteiger partial charge in [-0.2, -0.15) is 0 Å². The van der Waals surface area contributed by atoms with Gasteiger partial charge in [-0.15, -0.1) is 0 Å². The lowest BCUT2D eigenvalue weighted by molar-refractivity contribution is -0.139. The summed E-state index contributed by atoms with van der Waals surface area (Å²) in [6, 6.07) is 14.6. The van der Waals surface area contributed by atoms with E-state index in [0.29, 0.717) is 42.0 Å². The Hall–Kier alpha value is -3.62. The van der Waals surface area contributed by atoms with Crippen LogP contribution in [0.15, 0.2) is 60.7 Å². The minimum atomic E-state index is -1.20. The third kappa shape index (κ3) is 6.44. The Morgan fingerprint density at radius 1 is 1.11 bits per heavy atom. The van der Waals surface area contributed by atoms with E-state index >= 15 is 0 Å². The summed E-state index contributed by atoms with van der Waals surface area (Å²) in [6.45, 7) is 2.54. The molecule has 10 heteroatoms. The summed E-state index contributed by atoms with van der Waals surface area (Å²) in [6.07, 6.45) is 0.468. The van der Waals surface area contributed by atoms with Gasteiger partial charge in [-0.25, -0.2) is 9.18 Å². The molecule has 1 heterocycles. The van der Waals surface area contributed by atoms with Gasteiger partial charge in [0.25, 0.3) is 11.8 Å². The Balaban J connectivity index is 1.34. The van der Waals surface area contributed by atoms with E-state index in [0.717, 1.165) is 0 Å². The quantitative estimate of drug-likeness (QED) is 0.398. The van der Waals surface area contributed by atoms with Gasteiger partial charge in [0, 0.05) is 24.9 Å². The predicted octanol–water partition coefficient (Wildman–Crippen LogP) is 5.16. The molecule has 2 atom stereocenters. The summed E-state index contributed by atoms with van der Waals surface area (Å²) in [5.74, 6) is -1.83. The van der Waals surface area contributed by atoms with Crippen LogP contribution in [0.2, 0.25) is 10.0 Å². The number of likely N-dealkylation sites (tertiary alicyclic amines) is 1. The number of carbonyl (C=O) groups is 3. The normalized spacial score (nSPS) is 15.7. The highest BCUT2D eigenvalue weighted by molar-refractivity contribution is 6.39. The molecule has 7 nitrogen and oxygen atoms in total. The van der Waals surface area contributed by atoms with E-state index in [4.69, 9.17) is 27.9 Å². The van der Waals surface area contributed by atoms with Gasteiger partial charge >= 0.3 is 5.97 Å². The third-order valence-corrected chi connectivity index (χ3v) is 6.93. The van der Waals surface area contributed by atoms with E-state index < -0.39 is 17.9 Å². The Kier molecular flexibility index (Phi) is 8.54. The molecule has 0 unspecified atom stereocenters. The number of carbonyl (C=O) groups excluding carboxylic acids is 2. The molecule has 2 N–H and O–H groups in total. The number of aryl methyl sites for hydroxylation is 1. The molecular formula is C28H25Cl2FN2O5. The maximum Gasteiger partial charge on any atom is 0.326 e. The number of carboxylic acid groups (broad SMARTS) is 1. The zero-order valence-corrected chi connectivity index (χ0v) is 21.9. The molecule has 4 rings (SSSR count). The van der Waals surface area contributed by atoms with E-state index in [1.807, 2.05) is 0 Å². The van der Waals surface area contributed by atoms with Gasteiger partial charge < -0.3 is 20.1 Å². The number of hydrogen-bond acceptors (Lipinski definition) is 4. The molecule has 0 bridgehead atoms. The first kappa shape index (κ1) is 27.4. The van der Waals surface area contributed by atoms with Crippen LogP contribution >= 0.6 is 23.2 Å². The van der Waals surface area contributed by atoms with Gasteiger partial charge in [0.05, 0.1) is 22.2 Å². The zero-order chi connectivity index (χ0) is 27.4. The first-order chi connectivity index (χ1) is 18.1. The molecule has 0 aromatic heterocycles. The first-order valence-electron chi connectivity index (χ1n) is 11.9. The van der Waals surface area contributed by atoms with Crippen LogP contribution in [0, 0.1) is 12.7 Å². The van der Waals surface area contributed by atoms with Crippen LogP contribution in [0.3, 0.4) is 0 Å². The average molecular weight is 559 g/mol. The van der Waals surface area contributed by atoms with Crippen LogP contribution < -0.4 is 10.1 Å². The van der Waals surface area contributed by atoms with Crippen molar-refractivity contribution in [3.8, 4) is 5.75 Å². The van der Waals surface area contributed by atoms with Gasteiger partial charge in [0.15, 0.2) is 0 Å². The fourth-order valence-electron chi connectivity index (χ4n) is 4.25. The number of benzene rings is 3. The number of nitrogens with one attached hydrogen (secondary N) is 1. The fraction of sp³-hybridized carbons (Fsp3) is 0.250. The van der Waals surface area contributed by atoms with Crippen molar-refractivity contribution in [1.29, 1.82) is 0 Å². The van der Waals surface area contributed by atoms with Crippen LogP contribution in [-0.4, -0.2) is 53.0 Å². The highest BCUT2D eigenvalue weighted by Gasteiger charge is 2.29. The minimum Gasteiger partial charge on any atom is -0.489 e. The van der Waals surface area contributed by atoms with Crippen molar-refractivity contribution < 1.29 is 28.6 Å². The van der Waals surface area contributed by atoms with Crippen molar-refractivity contribution in [1.82, 2.24) is 10.2 Å². The maximum atomic E-state index is 13.5. The van der Waals surface area contributed by atoms with Crippen molar-refractivity contribution in [3.05, 3.63) is 98.8 Å². The van der Waals surface area contributed by atoms with E-state index in [1.165, 1.54) is 24.3 Å². The minimum absolute atomic E-state index is 0.0180. The molecule has 1 aliphatic rings. The van der Waals surface area contributed by atoms with E-state index in [9.17, 15) is 23.9 Å². The molecule has 1 fully saturated rings. The molecule has 0 aliphatic carbocycles. The van der Waals surface area contributed by atoms with Crippen LogP contribution in [0.4, 0.5) is 4.39 Å². The summed E-state index contributed by atoms with van der Waals surface area (Å²) < 4.78 is 19.6. The van der Waals surface area contributed by atoms with E-state index in [1.54, 1.807) is 48.2 Å². The SMILES string of the molecule is Cc1cc(C(=O)N2CC[C@H](Oc3ccc(C[C@H](NC(=O)c4c(Cl)cccc4Cl)C(=O)O)cc3)C2)ccc1F. The van der Waals surface area contributed by atoms with Crippen molar-refractivity contribution >= 4 is 41.0 Å². The summed E-state index contributed by atoms with van der Waals surface area (Å²) in [4.78, 5) is 38.9. The Morgan fingerprint density at radius 3 is 2.42 bits per heavy atom. The van der Waals surface area contributed by atoms with Crippen LogP contribution in [-0.2, 0) is 11.2 Å². The summed E-state index contributed by atoms with van der Waals surface area (Å²) in [5, 5.41) is 12.4. The highest BCUT2D eigenvalue weighted by atomic mass is 35.5. The average Bonchev–Trinajstić information content (AvgIpc) is 3.34. The predicted molar refractivity (Wildman–Crippen MR) is 142 cm³/mol. The summed E-state index contributed by atoms with van der Waals surface area (Å²) in [7, 11) is 0. The summed E-state index contributed by atoms with van der Waals surface area (Å²) >= 11 is 12.1. The molecule has 198 valence electrons. The number of ether oxygens (including phenoxy) is 1. The third-order valence-electron chi connectivity index (χ3n) is 6.30. The smallest absolute Gasteiger partial charge is 0.326 e. The maximum absolute atomic E-state index is 13.5. The lowest BCUT2D eigenvalue weighted by Crippen LogP contribution is -2.42. The molecule has 0 spiro atoms. The van der Waals surface area contributed by atoms with Gasteiger partial charge in [-0.05, 0) is 60.5 Å². The molecule has 0 saturated carbocycles. The standard InChI is InChI=1S/C28H25Cl2FN2O5/c1-16-13-18(7-10-23(16)31)27(35)33-12-11-20(15-33)38-19-8-5-17(6-9-19)14-24(28(36)37)32-26(34)25-21(29)3-2-4-22(25)30/h2-10,13,20,24H,11-12,14-15H2,1H3,(H,32,34)(H,36,37)/t20-,24-/m0/s1. The van der Waals surface area contributed by atoms with E-state index in [2.05, 4.69) is 5.32 Å². The lowest BCUT2D eigenvalue weighted by atomic mass is 10.0. The number of carboxylic acids is 1. The van der Waals surface area contributed by atoms with Crippen molar-refractivity contribution in [3.63, 3.8) is 0 Å². The van der Waals surface area contributed by atoms with E-state index in [-0.39, 0.29) is 39.9 Å². The monoisotopic (exact) mass is 558 g/mol. The van der Waals surface area contributed by atoms with Crippen LogP contribution in [0.25, 0.3) is 0 Å². The number of halogens is 3. The molecule has 38 heavy (non-hydrogen) atoms. The van der Waals surface area contributed by atoms with Crippen LogP contribution in [0.1, 0.15) is 38.3 Å². The molecular weight excluding hydrogens is 534 g/mol. The first-order valence-corrected chi connectivity index (χ1v) is 12.7. The number of hydrogen-bond donors (Lipinski definition) is 2. The Bertz CT molecular complexity index is 1350. The zero-order valence-electron chi connectivity index (χ0n) is 20.4. The van der Waals surface area contributed by atoms with Gasteiger partial charge in [0.1, 0.15) is 23.7 Å². The van der Waals surface area contributed by atoms with Crippen LogP contribution in [0.5, 0.6) is 5.75 Å². The van der Waals surface area contributed by atoms with Gasteiger partial charge in [0.2, 0.25) is 0 Å². The summed E-state index contributed by atoms with van der Waals surface area (Å²) in [5.41, 5.74) is 1.54. The fourth-order valence-corrected chi connectivity index (χ4v) is 4.82. The topological polar surface area (TPSA) is 95.9 Å². The number of nitrogens with zero attached hydrogens (tertiary/aromatic N) is 1. The lowest BCUT2D eigenvalue weighted by Gasteiger charge is -2.18.